The standard InChI is InChI=1S/C19H28O2/c20-16(14-10-18(11-14)5-1-2-6-18)9-17(21)15-12-19(13-15)7-3-4-8-19/h9,14-15,20H,1-8,10-13H2/b16-9-. The fourth-order valence-electron chi connectivity index (χ4n) is 5.83. The number of carbonyl (C=O) groups is 1. The Hall–Kier alpha value is -0.790. The summed E-state index contributed by atoms with van der Waals surface area (Å²) in [5.41, 5.74) is 1.06. The van der Waals surface area contributed by atoms with E-state index in [1.807, 2.05) is 0 Å². The average Bonchev–Trinajstić information content (AvgIpc) is 3.04. The second kappa shape index (κ2) is 4.86. The molecule has 0 heterocycles. The lowest BCUT2D eigenvalue weighted by Crippen LogP contribution is -2.39. The van der Waals surface area contributed by atoms with Crippen molar-refractivity contribution in [2.75, 3.05) is 0 Å². The lowest BCUT2D eigenvalue weighted by molar-refractivity contribution is -0.125. The van der Waals surface area contributed by atoms with Crippen LogP contribution in [-0.4, -0.2) is 10.9 Å². The predicted molar refractivity (Wildman–Crippen MR) is 83.0 cm³/mol. The molecule has 0 atom stereocenters. The highest BCUT2D eigenvalue weighted by atomic mass is 16.3. The maximum Gasteiger partial charge on any atom is 0.162 e. The Kier molecular flexibility index (Phi) is 3.20. The van der Waals surface area contributed by atoms with Crippen molar-refractivity contribution in [3.8, 4) is 0 Å². The molecule has 0 aromatic carbocycles. The van der Waals surface area contributed by atoms with Crippen LogP contribution in [0.25, 0.3) is 0 Å². The lowest BCUT2D eigenvalue weighted by atomic mass is 9.58. The second-order valence-electron chi connectivity index (χ2n) is 8.60. The van der Waals surface area contributed by atoms with Crippen molar-refractivity contribution in [3.05, 3.63) is 11.8 Å². The van der Waals surface area contributed by atoms with E-state index in [1.165, 1.54) is 51.4 Å². The summed E-state index contributed by atoms with van der Waals surface area (Å²) < 4.78 is 0. The Bertz CT molecular complexity index is 448. The summed E-state index contributed by atoms with van der Waals surface area (Å²) in [6.07, 6.45) is 16.8. The van der Waals surface area contributed by atoms with Crippen molar-refractivity contribution in [3.63, 3.8) is 0 Å². The van der Waals surface area contributed by atoms with Gasteiger partial charge in [0.05, 0.1) is 5.76 Å². The molecular weight excluding hydrogens is 260 g/mol. The molecule has 0 bridgehead atoms. The molecule has 2 heteroatoms. The van der Waals surface area contributed by atoms with Crippen molar-refractivity contribution in [2.45, 2.75) is 77.0 Å². The van der Waals surface area contributed by atoms with E-state index < -0.39 is 0 Å². The van der Waals surface area contributed by atoms with Crippen LogP contribution in [0, 0.1) is 22.7 Å². The number of rotatable bonds is 3. The minimum Gasteiger partial charge on any atom is -0.512 e. The van der Waals surface area contributed by atoms with Gasteiger partial charge in [-0.1, -0.05) is 25.7 Å². The second-order valence-corrected chi connectivity index (χ2v) is 8.60. The highest BCUT2D eigenvalue weighted by Gasteiger charge is 2.49. The van der Waals surface area contributed by atoms with Crippen LogP contribution in [0.3, 0.4) is 0 Å². The van der Waals surface area contributed by atoms with Crippen LogP contribution < -0.4 is 0 Å². The normalized spacial score (nSPS) is 34.1. The number of hydrogen-bond acceptors (Lipinski definition) is 2. The third-order valence-electron chi connectivity index (χ3n) is 7.16. The largest absolute Gasteiger partial charge is 0.512 e. The number of aliphatic hydroxyl groups is 1. The summed E-state index contributed by atoms with van der Waals surface area (Å²) >= 11 is 0. The highest BCUT2D eigenvalue weighted by Crippen LogP contribution is 2.58. The molecule has 0 radical (unpaired) electrons. The van der Waals surface area contributed by atoms with Gasteiger partial charge in [-0.25, -0.2) is 0 Å². The molecular formula is C19H28O2. The quantitative estimate of drug-likeness (QED) is 0.590. The van der Waals surface area contributed by atoms with Gasteiger partial charge in [-0.3, -0.25) is 4.79 Å². The first-order chi connectivity index (χ1) is 10.1. The molecule has 2 nitrogen and oxygen atoms in total. The van der Waals surface area contributed by atoms with Gasteiger partial charge >= 0.3 is 0 Å². The van der Waals surface area contributed by atoms with Gasteiger partial charge < -0.3 is 5.11 Å². The van der Waals surface area contributed by atoms with Crippen LogP contribution in [0.1, 0.15) is 77.0 Å². The van der Waals surface area contributed by atoms with E-state index in [0.29, 0.717) is 16.6 Å². The van der Waals surface area contributed by atoms with Gasteiger partial charge in [-0.05, 0) is 62.2 Å². The molecule has 116 valence electrons. The predicted octanol–water partition coefficient (Wildman–Crippen LogP) is 4.94. The molecule has 4 aliphatic rings. The molecule has 21 heavy (non-hydrogen) atoms. The van der Waals surface area contributed by atoms with Gasteiger partial charge in [0.15, 0.2) is 5.78 Å². The van der Waals surface area contributed by atoms with Gasteiger partial charge in [-0.2, -0.15) is 0 Å². The molecule has 0 aromatic rings. The van der Waals surface area contributed by atoms with Crippen molar-refractivity contribution in [1.82, 2.24) is 0 Å². The van der Waals surface area contributed by atoms with E-state index in [0.717, 1.165) is 25.7 Å². The maximum absolute atomic E-state index is 12.3. The smallest absolute Gasteiger partial charge is 0.162 e. The summed E-state index contributed by atoms with van der Waals surface area (Å²) in [6, 6.07) is 0. The number of aliphatic hydroxyl groups excluding tert-OH is 1. The fraction of sp³-hybridized carbons (Fsp3) is 0.842. The summed E-state index contributed by atoms with van der Waals surface area (Å²) in [5, 5.41) is 10.2. The number of allylic oxidation sites excluding steroid dienone is 2. The van der Waals surface area contributed by atoms with Crippen molar-refractivity contribution in [2.24, 2.45) is 22.7 Å². The van der Waals surface area contributed by atoms with E-state index >= 15 is 0 Å². The minimum atomic E-state index is 0.206. The molecule has 4 saturated carbocycles. The van der Waals surface area contributed by atoms with E-state index in [9.17, 15) is 9.90 Å². The first-order valence-corrected chi connectivity index (χ1v) is 9.04. The molecule has 0 saturated heterocycles. The van der Waals surface area contributed by atoms with E-state index in [2.05, 4.69) is 0 Å². The van der Waals surface area contributed by atoms with Gasteiger partial charge in [0.1, 0.15) is 0 Å². The van der Waals surface area contributed by atoms with Crippen LogP contribution in [0.5, 0.6) is 0 Å². The third-order valence-corrected chi connectivity index (χ3v) is 7.16. The maximum atomic E-state index is 12.3. The number of hydrogen-bond donors (Lipinski definition) is 1. The molecule has 2 spiro atoms. The van der Waals surface area contributed by atoms with Gasteiger partial charge in [-0.15, -0.1) is 0 Å². The van der Waals surface area contributed by atoms with E-state index in [-0.39, 0.29) is 17.6 Å². The first-order valence-electron chi connectivity index (χ1n) is 9.04. The molecule has 4 aliphatic carbocycles. The summed E-state index contributed by atoms with van der Waals surface area (Å²) in [5.74, 6) is 1.10. The Morgan fingerprint density at radius 2 is 1.24 bits per heavy atom. The zero-order valence-corrected chi connectivity index (χ0v) is 13.1. The average molecular weight is 288 g/mol. The van der Waals surface area contributed by atoms with Crippen molar-refractivity contribution in [1.29, 1.82) is 0 Å². The molecule has 4 rings (SSSR count). The molecule has 0 amide bonds. The fourth-order valence-corrected chi connectivity index (χ4v) is 5.83. The summed E-state index contributed by atoms with van der Waals surface area (Å²) in [4.78, 5) is 12.3. The van der Waals surface area contributed by atoms with Crippen LogP contribution in [-0.2, 0) is 4.79 Å². The SMILES string of the molecule is O=C(/C=C(\O)C1CC2(CCCC2)C1)C1CC2(CCCC2)C1. The Balaban J connectivity index is 1.30. The van der Waals surface area contributed by atoms with Gasteiger partial charge in [0, 0.05) is 17.9 Å². The zero-order valence-electron chi connectivity index (χ0n) is 13.1. The Morgan fingerprint density at radius 3 is 1.71 bits per heavy atom. The molecule has 0 unspecified atom stereocenters. The topological polar surface area (TPSA) is 37.3 Å². The van der Waals surface area contributed by atoms with Crippen LogP contribution >= 0.6 is 0 Å². The number of carbonyl (C=O) groups excluding carboxylic acids is 1. The molecule has 4 fully saturated rings. The van der Waals surface area contributed by atoms with E-state index in [4.69, 9.17) is 0 Å². The molecule has 0 aromatic heterocycles. The summed E-state index contributed by atoms with van der Waals surface area (Å²) in [7, 11) is 0. The lowest BCUT2D eigenvalue weighted by Gasteiger charge is -2.46. The van der Waals surface area contributed by atoms with Crippen molar-refractivity contribution < 1.29 is 9.90 Å². The van der Waals surface area contributed by atoms with Crippen LogP contribution in [0.4, 0.5) is 0 Å². The van der Waals surface area contributed by atoms with Crippen LogP contribution in [0.2, 0.25) is 0 Å². The van der Waals surface area contributed by atoms with Crippen molar-refractivity contribution >= 4 is 5.78 Å². The molecule has 1 N–H and O–H groups in total. The Labute approximate surface area is 128 Å². The van der Waals surface area contributed by atoms with Gasteiger partial charge in [0.2, 0.25) is 0 Å². The van der Waals surface area contributed by atoms with E-state index in [1.54, 1.807) is 6.08 Å². The monoisotopic (exact) mass is 288 g/mol. The summed E-state index contributed by atoms with van der Waals surface area (Å²) in [6.45, 7) is 0. The Morgan fingerprint density at radius 1 is 0.810 bits per heavy atom. The van der Waals surface area contributed by atoms with Gasteiger partial charge in [0.25, 0.3) is 0 Å². The number of ketones is 1. The zero-order chi connectivity index (χ0) is 14.5. The van der Waals surface area contributed by atoms with Crippen LogP contribution in [0.15, 0.2) is 11.8 Å². The minimum absolute atomic E-state index is 0.206. The third kappa shape index (κ3) is 2.35. The molecule has 0 aliphatic heterocycles. The first kappa shape index (κ1) is 13.8. The highest BCUT2D eigenvalue weighted by molar-refractivity contribution is 5.93.